The Balaban J connectivity index is 0. The molecule has 0 atom stereocenters. The van der Waals surface area contributed by atoms with Crippen LogP contribution in [-0.2, 0) is 21.7 Å². The van der Waals surface area contributed by atoms with Gasteiger partial charge in [-0.05, 0) is 22.7 Å². The number of rotatable bonds is 5. The van der Waals surface area contributed by atoms with Crippen LogP contribution in [0.1, 0.15) is 31.1 Å². The van der Waals surface area contributed by atoms with Crippen LogP contribution >= 0.6 is 11.3 Å². The Morgan fingerprint density at radius 1 is 1.39 bits per heavy atom. The maximum Gasteiger partial charge on any atom is 3.00 e. The predicted octanol–water partition coefficient (Wildman–Crippen LogP) is -1.92. The van der Waals surface area contributed by atoms with Gasteiger partial charge in [-0.3, -0.25) is 0 Å². The molecule has 2 rings (SSSR count). The van der Waals surface area contributed by atoms with Crippen LogP contribution in [0.15, 0.2) is 23.6 Å². The summed E-state index contributed by atoms with van der Waals surface area (Å²) >= 11 is 1.73. The monoisotopic (exact) mass is 337 g/mol. The molecule has 1 aromatic heterocycles. The summed E-state index contributed by atoms with van der Waals surface area (Å²) in [7, 11) is 0. The van der Waals surface area contributed by atoms with Gasteiger partial charge >= 0.3 is 21.7 Å². The average molecular weight is 338 g/mol. The fraction of sp³-hybridized carbons (Fsp3) is 0.385. The van der Waals surface area contributed by atoms with Gasteiger partial charge in [0.2, 0.25) is 0 Å². The molecule has 0 amide bonds. The quantitative estimate of drug-likeness (QED) is 0.346. The molecule has 0 unspecified atom stereocenters. The van der Waals surface area contributed by atoms with Crippen molar-refractivity contribution in [1.82, 2.24) is 0 Å². The first-order valence-electron chi connectivity index (χ1n) is 5.40. The van der Waals surface area contributed by atoms with Crippen LogP contribution < -0.4 is 29.6 Å². The summed E-state index contributed by atoms with van der Waals surface area (Å²) in [6, 6.07) is 2.05. The van der Waals surface area contributed by atoms with E-state index in [9.17, 15) is 0 Å². The summed E-state index contributed by atoms with van der Waals surface area (Å²) in [4.78, 5) is 1.22. The third kappa shape index (κ3) is 5.50. The Labute approximate surface area is 140 Å². The van der Waals surface area contributed by atoms with E-state index in [-0.39, 0.29) is 46.5 Å². The molecule has 0 aromatic carbocycles. The summed E-state index contributed by atoms with van der Waals surface area (Å²) in [6.07, 6.45) is 10.8. The number of hydrogen-bond acceptors (Lipinski definition) is 2. The van der Waals surface area contributed by atoms with E-state index >= 15 is 0 Å². The fourth-order valence-corrected chi connectivity index (χ4v) is 2.33. The van der Waals surface area contributed by atoms with Crippen molar-refractivity contribution in [3.8, 4) is 5.75 Å². The predicted molar refractivity (Wildman–Crippen MR) is 65.1 cm³/mol. The summed E-state index contributed by atoms with van der Waals surface area (Å²) in [5.41, 5.74) is 1.19. The van der Waals surface area contributed by atoms with Gasteiger partial charge in [0.05, 0.1) is 12.4 Å². The number of halogens is 2. The summed E-state index contributed by atoms with van der Waals surface area (Å²) < 4.78 is 5.75. The van der Waals surface area contributed by atoms with Crippen LogP contribution in [-0.4, -0.2) is 6.61 Å². The zero-order chi connectivity index (χ0) is 10.5. The topological polar surface area (TPSA) is 9.23 Å². The number of allylic oxidation sites excluding steroid dienone is 4. The second kappa shape index (κ2) is 11.1. The summed E-state index contributed by atoms with van der Waals surface area (Å²) in [6.45, 7) is 2.99. The maximum atomic E-state index is 5.75. The minimum atomic E-state index is 0. The largest absolute Gasteiger partial charge is 3.00 e. The van der Waals surface area contributed by atoms with Crippen molar-refractivity contribution >= 4 is 16.9 Å². The molecule has 0 fully saturated rings. The summed E-state index contributed by atoms with van der Waals surface area (Å²) in [5, 5.41) is 2.08. The number of unbranched alkanes of at least 4 members (excludes halogenated alkanes) is 1. The van der Waals surface area contributed by atoms with E-state index in [4.69, 9.17) is 4.74 Å². The molecule has 18 heavy (non-hydrogen) atoms. The molecule has 0 saturated heterocycles. The zero-order valence-corrected chi connectivity index (χ0v) is 14.1. The van der Waals surface area contributed by atoms with Crippen LogP contribution in [0, 0.1) is 6.08 Å². The first kappa shape index (κ1) is 20.6. The van der Waals surface area contributed by atoms with Crippen molar-refractivity contribution in [2.24, 2.45) is 0 Å². The summed E-state index contributed by atoms with van der Waals surface area (Å²) in [5.74, 6) is 1.02. The normalized spacial score (nSPS) is 11.9. The van der Waals surface area contributed by atoms with Crippen LogP contribution in [0.4, 0.5) is 0 Å². The van der Waals surface area contributed by atoms with E-state index in [0.29, 0.717) is 0 Å². The van der Waals surface area contributed by atoms with Crippen molar-refractivity contribution in [2.45, 2.75) is 26.2 Å². The van der Waals surface area contributed by atoms with Crippen LogP contribution in [0.5, 0.6) is 5.75 Å². The molecule has 0 aliphatic heterocycles. The fourth-order valence-electron chi connectivity index (χ4n) is 1.49. The molecule has 1 heterocycles. The third-order valence-corrected chi connectivity index (χ3v) is 3.25. The Kier molecular flexibility index (Phi) is 12.7. The standard InChI is InChI=1S/C13H15OS.2ClH.Ti/c1-2-3-9-14-12-8-10-15-13(12)11-6-4-5-7-11;;;/h4,6,8,10H,2-3,5,9H2,1H3;2*1H;/q-1;;;+3/p-2. The van der Waals surface area contributed by atoms with Gasteiger partial charge < -0.3 is 29.6 Å². The molecular weight excluding hydrogens is 323 g/mol. The van der Waals surface area contributed by atoms with Crippen molar-refractivity contribution in [2.75, 3.05) is 6.61 Å². The van der Waals surface area contributed by atoms with Crippen molar-refractivity contribution in [1.29, 1.82) is 0 Å². The molecule has 97 valence electrons. The van der Waals surface area contributed by atoms with Gasteiger partial charge in [0.15, 0.2) is 0 Å². The molecule has 5 heteroatoms. The SMILES string of the molecule is CCCCOc1ccsc1C1=[C-]CC=C1.[Cl-].[Cl-].[Ti+3]. The minimum absolute atomic E-state index is 0. The minimum Gasteiger partial charge on any atom is -1.00 e. The van der Waals surface area contributed by atoms with Gasteiger partial charge in [-0.15, -0.1) is 6.08 Å². The first-order chi connectivity index (χ1) is 7.42. The van der Waals surface area contributed by atoms with Gasteiger partial charge in [0.25, 0.3) is 0 Å². The van der Waals surface area contributed by atoms with E-state index < -0.39 is 0 Å². The van der Waals surface area contributed by atoms with Crippen molar-refractivity contribution < 1.29 is 51.3 Å². The second-order valence-electron chi connectivity index (χ2n) is 3.51. The smallest absolute Gasteiger partial charge is 1.00 e. The number of thiophene rings is 1. The van der Waals surface area contributed by atoms with Gasteiger partial charge in [-0.25, -0.2) is 11.3 Å². The molecule has 0 bridgehead atoms. The molecule has 1 aliphatic rings. The molecule has 1 radical (unpaired) electrons. The molecule has 0 N–H and O–H groups in total. The van der Waals surface area contributed by atoms with E-state index in [2.05, 4.69) is 36.6 Å². The molecule has 1 nitrogen and oxygen atoms in total. The van der Waals surface area contributed by atoms with Crippen molar-refractivity contribution in [3.63, 3.8) is 0 Å². The van der Waals surface area contributed by atoms with Crippen LogP contribution in [0.3, 0.4) is 0 Å². The number of ether oxygens (including phenoxy) is 1. The molecular formula is C13H15Cl2OSTi. The van der Waals surface area contributed by atoms with Gasteiger partial charge in [0, 0.05) is 0 Å². The van der Waals surface area contributed by atoms with E-state index in [1.807, 2.05) is 0 Å². The molecule has 1 aromatic rings. The molecule has 1 aliphatic carbocycles. The average Bonchev–Trinajstić information content (AvgIpc) is 2.87. The van der Waals surface area contributed by atoms with E-state index in [0.717, 1.165) is 25.2 Å². The van der Waals surface area contributed by atoms with Gasteiger partial charge in [-0.1, -0.05) is 19.8 Å². The van der Waals surface area contributed by atoms with Crippen LogP contribution in [0.2, 0.25) is 0 Å². The maximum absolute atomic E-state index is 5.75. The Bertz CT molecular complexity index is 388. The van der Waals surface area contributed by atoms with Crippen molar-refractivity contribution in [3.05, 3.63) is 34.6 Å². The molecule has 0 spiro atoms. The molecule has 0 saturated carbocycles. The Hall–Kier alpha value is 0.274. The van der Waals surface area contributed by atoms with Crippen LogP contribution in [0.25, 0.3) is 5.57 Å². The van der Waals surface area contributed by atoms with Gasteiger partial charge in [-0.2, -0.15) is 17.7 Å². The Morgan fingerprint density at radius 3 is 2.78 bits per heavy atom. The number of hydrogen-bond donors (Lipinski definition) is 0. The zero-order valence-electron chi connectivity index (χ0n) is 10.2. The Morgan fingerprint density at radius 2 is 2.17 bits per heavy atom. The third-order valence-electron chi connectivity index (χ3n) is 2.32. The first-order valence-corrected chi connectivity index (χ1v) is 6.28. The van der Waals surface area contributed by atoms with E-state index in [1.165, 1.54) is 16.9 Å². The second-order valence-corrected chi connectivity index (χ2v) is 4.43. The van der Waals surface area contributed by atoms with Gasteiger partial charge in [0.1, 0.15) is 0 Å². The van der Waals surface area contributed by atoms with E-state index in [1.54, 1.807) is 11.3 Å².